The van der Waals surface area contributed by atoms with Crippen LogP contribution in [0.1, 0.15) is 69.4 Å². The third-order valence-corrected chi connectivity index (χ3v) is 4.87. The van der Waals surface area contributed by atoms with Crippen molar-refractivity contribution < 1.29 is 9.47 Å². The Kier molecular flexibility index (Phi) is 12.5. The van der Waals surface area contributed by atoms with Gasteiger partial charge in [-0.2, -0.15) is 0 Å². The van der Waals surface area contributed by atoms with E-state index in [2.05, 4.69) is 37.5 Å². The standard InChI is InChI=1S/C29H36O2/c1-3-5-7-9-11-13-25-31-29-22-18-27(19-23-29)15-14-26-16-20-28(21-17-26)30-24-12-10-8-6-4-2/h3,11,13,16-23H,1,4-10,12,24-25H2,2H3. The number of hydrogen-bond acceptors (Lipinski definition) is 2. The summed E-state index contributed by atoms with van der Waals surface area (Å²) in [6.45, 7) is 7.34. The molecule has 0 aliphatic carbocycles. The molecule has 2 heteroatoms. The summed E-state index contributed by atoms with van der Waals surface area (Å²) in [5, 5.41) is 0. The highest BCUT2D eigenvalue weighted by Crippen LogP contribution is 2.14. The fourth-order valence-corrected chi connectivity index (χ4v) is 3.02. The summed E-state index contributed by atoms with van der Waals surface area (Å²) < 4.78 is 11.5. The molecule has 0 aliphatic rings. The Morgan fingerprint density at radius 1 is 0.710 bits per heavy atom. The van der Waals surface area contributed by atoms with Gasteiger partial charge in [-0.1, -0.05) is 62.7 Å². The van der Waals surface area contributed by atoms with Gasteiger partial charge in [0.1, 0.15) is 18.1 Å². The number of hydrogen-bond donors (Lipinski definition) is 0. The molecule has 2 nitrogen and oxygen atoms in total. The molecule has 0 saturated heterocycles. The van der Waals surface area contributed by atoms with Crippen molar-refractivity contribution in [2.24, 2.45) is 0 Å². The highest BCUT2D eigenvalue weighted by Gasteiger charge is 1.96. The Morgan fingerprint density at radius 2 is 1.32 bits per heavy atom. The molecule has 0 radical (unpaired) electrons. The van der Waals surface area contributed by atoms with Crippen LogP contribution in [0.25, 0.3) is 0 Å². The normalized spacial score (nSPS) is 10.5. The van der Waals surface area contributed by atoms with E-state index < -0.39 is 0 Å². The summed E-state index contributed by atoms with van der Waals surface area (Å²) in [6.07, 6.45) is 15.7. The summed E-state index contributed by atoms with van der Waals surface area (Å²) in [4.78, 5) is 0. The molecule has 0 fully saturated rings. The molecule has 0 saturated carbocycles. The first-order valence-electron chi connectivity index (χ1n) is 11.6. The van der Waals surface area contributed by atoms with E-state index in [4.69, 9.17) is 9.47 Å². The lowest BCUT2D eigenvalue weighted by molar-refractivity contribution is 0.304. The number of ether oxygens (including phenoxy) is 2. The topological polar surface area (TPSA) is 18.5 Å². The molecule has 0 heterocycles. The lowest BCUT2D eigenvalue weighted by Gasteiger charge is -2.05. The van der Waals surface area contributed by atoms with E-state index in [9.17, 15) is 0 Å². The number of benzene rings is 2. The minimum absolute atomic E-state index is 0.590. The highest BCUT2D eigenvalue weighted by atomic mass is 16.5. The summed E-state index contributed by atoms with van der Waals surface area (Å²) in [7, 11) is 0. The first-order chi connectivity index (χ1) is 15.3. The van der Waals surface area contributed by atoms with Crippen LogP contribution in [0.4, 0.5) is 0 Å². The van der Waals surface area contributed by atoms with Gasteiger partial charge in [-0.3, -0.25) is 0 Å². The molecular weight excluding hydrogens is 380 g/mol. The number of rotatable bonds is 14. The molecule has 31 heavy (non-hydrogen) atoms. The Hall–Kier alpha value is -2.92. The first kappa shape index (κ1) is 24.4. The largest absolute Gasteiger partial charge is 0.494 e. The molecule has 2 rings (SSSR count). The Morgan fingerprint density at radius 3 is 1.94 bits per heavy atom. The predicted molar refractivity (Wildman–Crippen MR) is 132 cm³/mol. The van der Waals surface area contributed by atoms with E-state index in [1.54, 1.807) is 0 Å². The second-order valence-corrected chi connectivity index (χ2v) is 7.56. The van der Waals surface area contributed by atoms with Crippen LogP contribution >= 0.6 is 0 Å². The van der Waals surface area contributed by atoms with Crippen molar-refractivity contribution in [1.29, 1.82) is 0 Å². The van der Waals surface area contributed by atoms with Gasteiger partial charge >= 0.3 is 0 Å². The van der Waals surface area contributed by atoms with E-state index in [-0.39, 0.29) is 0 Å². The maximum atomic E-state index is 5.81. The quantitative estimate of drug-likeness (QED) is 0.178. The van der Waals surface area contributed by atoms with E-state index in [0.29, 0.717) is 6.61 Å². The van der Waals surface area contributed by atoms with Crippen molar-refractivity contribution in [3.63, 3.8) is 0 Å². The first-order valence-corrected chi connectivity index (χ1v) is 11.6. The third-order valence-electron chi connectivity index (χ3n) is 4.87. The van der Waals surface area contributed by atoms with E-state index in [1.807, 2.05) is 54.6 Å². The molecule has 0 spiro atoms. The molecule has 0 amide bonds. The molecule has 164 valence electrons. The Bertz CT molecular complexity index is 820. The van der Waals surface area contributed by atoms with Crippen molar-refractivity contribution >= 4 is 0 Å². The van der Waals surface area contributed by atoms with Gasteiger partial charge in [0.25, 0.3) is 0 Å². The highest BCUT2D eigenvalue weighted by molar-refractivity contribution is 5.45. The zero-order valence-corrected chi connectivity index (χ0v) is 18.9. The molecule has 0 atom stereocenters. The fraction of sp³-hybridized carbons (Fsp3) is 0.379. The number of unbranched alkanes of at least 4 members (excludes halogenated alkanes) is 6. The van der Waals surface area contributed by atoms with Crippen LogP contribution in [0.15, 0.2) is 73.3 Å². The molecule has 2 aromatic carbocycles. The third kappa shape index (κ3) is 11.2. The molecular formula is C29H36O2. The zero-order chi connectivity index (χ0) is 22.0. The lowest BCUT2D eigenvalue weighted by atomic mass is 10.1. The van der Waals surface area contributed by atoms with Gasteiger partial charge in [0.2, 0.25) is 0 Å². The van der Waals surface area contributed by atoms with Gasteiger partial charge in [0.05, 0.1) is 6.61 Å². The Balaban J connectivity index is 1.72. The summed E-state index contributed by atoms with van der Waals surface area (Å²) in [5.41, 5.74) is 1.96. The molecule has 2 aromatic rings. The minimum Gasteiger partial charge on any atom is -0.494 e. The summed E-state index contributed by atoms with van der Waals surface area (Å²) in [5.74, 6) is 8.19. The number of allylic oxidation sites excluding steroid dienone is 2. The van der Waals surface area contributed by atoms with E-state index in [1.165, 1.54) is 25.7 Å². The van der Waals surface area contributed by atoms with Gasteiger partial charge < -0.3 is 9.47 Å². The molecule has 0 N–H and O–H groups in total. The summed E-state index contributed by atoms with van der Waals surface area (Å²) in [6, 6.07) is 15.9. The second kappa shape index (κ2) is 15.9. The maximum Gasteiger partial charge on any atom is 0.119 e. The van der Waals surface area contributed by atoms with Crippen LogP contribution in [0, 0.1) is 11.8 Å². The molecule has 0 unspecified atom stereocenters. The van der Waals surface area contributed by atoms with Crippen LogP contribution in [0.2, 0.25) is 0 Å². The van der Waals surface area contributed by atoms with Crippen LogP contribution in [-0.4, -0.2) is 13.2 Å². The average Bonchev–Trinajstić information content (AvgIpc) is 2.81. The predicted octanol–water partition coefficient (Wildman–Crippen LogP) is 7.73. The van der Waals surface area contributed by atoms with E-state index in [0.717, 1.165) is 54.9 Å². The summed E-state index contributed by atoms with van der Waals surface area (Å²) >= 11 is 0. The van der Waals surface area contributed by atoms with Crippen LogP contribution < -0.4 is 9.47 Å². The molecule has 0 aromatic heterocycles. The van der Waals surface area contributed by atoms with Gasteiger partial charge in [0, 0.05) is 11.1 Å². The van der Waals surface area contributed by atoms with Crippen molar-refractivity contribution in [3.8, 4) is 23.3 Å². The zero-order valence-electron chi connectivity index (χ0n) is 18.9. The van der Waals surface area contributed by atoms with Gasteiger partial charge in [-0.05, 0) is 74.2 Å². The maximum absolute atomic E-state index is 5.81. The second-order valence-electron chi connectivity index (χ2n) is 7.56. The van der Waals surface area contributed by atoms with Crippen molar-refractivity contribution in [3.05, 3.63) is 84.5 Å². The Labute approximate surface area is 189 Å². The van der Waals surface area contributed by atoms with E-state index >= 15 is 0 Å². The van der Waals surface area contributed by atoms with Crippen LogP contribution in [-0.2, 0) is 0 Å². The van der Waals surface area contributed by atoms with Gasteiger partial charge in [0.15, 0.2) is 0 Å². The molecule has 0 bridgehead atoms. The smallest absolute Gasteiger partial charge is 0.119 e. The minimum atomic E-state index is 0.590. The van der Waals surface area contributed by atoms with Crippen molar-refractivity contribution in [1.82, 2.24) is 0 Å². The van der Waals surface area contributed by atoms with Crippen molar-refractivity contribution in [2.45, 2.75) is 58.3 Å². The molecule has 0 aliphatic heterocycles. The lowest BCUT2D eigenvalue weighted by Crippen LogP contribution is -1.97. The van der Waals surface area contributed by atoms with Crippen LogP contribution in [0.3, 0.4) is 0 Å². The van der Waals surface area contributed by atoms with Crippen molar-refractivity contribution in [2.75, 3.05) is 13.2 Å². The average molecular weight is 417 g/mol. The fourth-order valence-electron chi connectivity index (χ4n) is 3.02. The van der Waals surface area contributed by atoms with Gasteiger partial charge in [-0.15, -0.1) is 6.58 Å². The SMILES string of the molecule is C=CCCCC=CCOc1ccc(C#Cc2ccc(OCCCCCCC)cc2)cc1. The van der Waals surface area contributed by atoms with Crippen LogP contribution in [0.5, 0.6) is 11.5 Å². The monoisotopic (exact) mass is 416 g/mol. The van der Waals surface area contributed by atoms with Gasteiger partial charge in [-0.25, -0.2) is 0 Å².